The van der Waals surface area contributed by atoms with Gasteiger partial charge in [-0.15, -0.1) is 0 Å². The Kier molecular flexibility index (Phi) is 4.06. The summed E-state index contributed by atoms with van der Waals surface area (Å²) in [4.78, 5) is 29.7. The van der Waals surface area contributed by atoms with Crippen molar-refractivity contribution in [1.29, 1.82) is 0 Å². The lowest BCUT2D eigenvalue weighted by Crippen LogP contribution is -2.47. The summed E-state index contributed by atoms with van der Waals surface area (Å²) < 4.78 is 0. The van der Waals surface area contributed by atoms with Gasteiger partial charge in [-0.05, 0) is 45.7 Å². The lowest BCUT2D eigenvalue weighted by molar-refractivity contribution is -0.143. The molecule has 5 heteroatoms. The number of carbonyl (C=O) groups is 2. The van der Waals surface area contributed by atoms with E-state index in [0.29, 0.717) is 17.7 Å². The highest BCUT2D eigenvalue weighted by atomic mass is 16.4. The molecule has 1 aliphatic heterocycles. The minimum Gasteiger partial charge on any atom is -0.481 e. The molecule has 2 atom stereocenters. The van der Waals surface area contributed by atoms with E-state index in [1.54, 1.807) is 11.0 Å². The van der Waals surface area contributed by atoms with Gasteiger partial charge >= 0.3 is 5.97 Å². The summed E-state index contributed by atoms with van der Waals surface area (Å²) in [6.07, 6.45) is 1.35. The number of carbonyl (C=O) groups excluding carboxylic acids is 1. The molecule has 20 heavy (non-hydrogen) atoms. The second-order valence-electron chi connectivity index (χ2n) is 5.50. The average molecular weight is 276 g/mol. The number of amides is 1. The van der Waals surface area contributed by atoms with Crippen LogP contribution in [0.5, 0.6) is 0 Å². The van der Waals surface area contributed by atoms with Gasteiger partial charge in [-0.3, -0.25) is 14.6 Å². The number of hydrogen-bond donors (Lipinski definition) is 1. The van der Waals surface area contributed by atoms with Crippen molar-refractivity contribution in [2.75, 3.05) is 6.54 Å². The zero-order valence-corrected chi connectivity index (χ0v) is 12.1. The summed E-state index contributed by atoms with van der Waals surface area (Å²) in [6.45, 7) is 5.93. The molecule has 0 aliphatic carbocycles. The van der Waals surface area contributed by atoms with Gasteiger partial charge in [0.15, 0.2) is 0 Å². The Labute approximate surface area is 118 Å². The Hall–Kier alpha value is -1.91. The van der Waals surface area contributed by atoms with Crippen molar-refractivity contribution in [2.24, 2.45) is 5.92 Å². The van der Waals surface area contributed by atoms with Crippen LogP contribution in [0.15, 0.2) is 12.1 Å². The van der Waals surface area contributed by atoms with Crippen LogP contribution in [0.25, 0.3) is 0 Å². The molecule has 1 aliphatic rings. The second kappa shape index (κ2) is 5.61. The molecule has 5 nitrogen and oxygen atoms in total. The second-order valence-corrected chi connectivity index (χ2v) is 5.50. The first-order valence-electron chi connectivity index (χ1n) is 6.88. The van der Waals surface area contributed by atoms with Crippen molar-refractivity contribution < 1.29 is 14.7 Å². The SMILES string of the molecule is Cc1ccc(C(=O)N2CC(C(=O)O)CCC2C)c(C)n1. The first-order chi connectivity index (χ1) is 9.40. The normalized spacial score (nSPS) is 22.6. The number of nitrogens with zero attached hydrogens (tertiary/aromatic N) is 2. The highest BCUT2D eigenvalue weighted by molar-refractivity contribution is 5.95. The topological polar surface area (TPSA) is 70.5 Å². The van der Waals surface area contributed by atoms with Crippen LogP contribution in [0.1, 0.15) is 41.5 Å². The summed E-state index contributed by atoms with van der Waals surface area (Å²) in [6, 6.07) is 3.65. The van der Waals surface area contributed by atoms with Gasteiger partial charge in [0.1, 0.15) is 0 Å². The largest absolute Gasteiger partial charge is 0.481 e. The quantitative estimate of drug-likeness (QED) is 0.897. The number of piperidine rings is 1. The third kappa shape index (κ3) is 2.81. The number of aryl methyl sites for hydroxylation is 2. The van der Waals surface area contributed by atoms with E-state index >= 15 is 0 Å². The number of aliphatic carboxylic acids is 1. The van der Waals surface area contributed by atoms with Crippen molar-refractivity contribution in [3.63, 3.8) is 0 Å². The van der Waals surface area contributed by atoms with Gasteiger partial charge in [-0.2, -0.15) is 0 Å². The first-order valence-corrected chi connectivity index (χ1v) is 6.88. The number of carboxylic acid groups (broad SMARTS) is 1. The van der Waals surface area contributed by atoms with Gasteiger partial charge in [0.2, 0.25) is 0 Å². The fourth-order valence-electron chi connectivity index (χ4n) is 2.66. The predicted octanol–water partition coefficient (Wildman–Crippen LogP) is 2.02. The molecule has 0 aromatic carbocycles. The molecule has 0 saturated carbocycles. The van der Waals surface area contributed by atoms with Gasteiger partial charge in [0.05, 0.1) is 17.2 Å². The Morgan fingerprint density at radius 3 is 2.60 bits per heavy atom. The molecule has 1 fully saturated rings. The van der Waals surface area contributed by atoms with E-state index in [-0.39, 0.29) is 18.5 Å². The lowest BCUT2D eigenvalue weighted by atomic mass is 9.93. The van der Waals surface area contributed by atoms with Crippen LogP contribution in [0.3, 0.4) is 0 Å². The standard InChI is InChI=1S/C15H20N2O3/c1-9-4-7-13(11(3)16-9)14(18)17-8-12(15(19)20)6-5-10(17)2/h4,7,10,12H,5-6,8H2,1-3H3,(H,19,20). The third-order valence-corrected chi connectivity index (χ3v) is 3.95. The van der Waals surface area contributed by atoms with E-state index in [1.165, 1.54) is 0 Å². The zero-order chi connectivity index (χ0) is 14.9. The molecule has 108 valence electrons. The maximum atomic E-state index is 12.6. The maximum Gasteiger partial charge on any atom is 0.308 e. The third-order valence-electron chi connectivity index (χ3n) is 3.95. The van der Waals surface area contributed by atoms with Crippen LogP contribution in [0.4, 0.5) is 0 Å². The van der Waals surface area contributed by atoms with Crippen molar-refractivity contribution in [3.8, 4) is 0 Å². The van der Waals surface area contributed by atoms with Crippen LogP contribution in [0, 0.1) is 19.8 Å². The number of carboxylic acids is 1. The van der Waals surface area contributed by atoms with Crippen molar-refractivity contribution in [3.05, 3.63) is 29.1 Å². The fourth-order valence-corrected chi connectivity index (χ4v) is 2.66. The van der Waals surface area contributed by atoms with E-state index in [1.807, 2.05) is 26.8 Å². The first kappa shape index (κ1) is 14.5. The summed E-state index contributed by atoms with van der Waals surface area (Å²) in [5.74, 6) is -1.41. The summed E-state index contributed by atoms with van der Waals surface area (Å²) in [5, 5.41) is 9.14. The molecule has 1 aromatic heterocycles. The molecular formula is C15H20N2O3. The van der Waals surface area contributed by atoms with E-state index in [2.05, 4.69) is 4.98 Å². The van der Waals surface area contributed by atoms with Crippen molar-refractivity contribution in [1.82, 2.24) is 9.88 Å². The van der Waals surface area contributed by atoms with Gasteiger partial charge in [-0.1, -0.05) is 0 Å². The summed E-state index contributed by atoms with van der Waals surface area (Å²) in [5.41, 5.74) is 2.13. The fraction of sp³-hybridized carbons (Fsp3) is 0.533. The molecule has 0 radical (unpaired) electrons. The predicted molar refractivity (Wildman–Crippen MR) is 74.6 cm³/mol. The van der Waals surface area contributed by atoms with E-state index in [4.69, 9.17) is 5.11 Å². The molecule has 1 amide bonds. The molecule has 0 bridgehead atoms. The highest BCUT2D eigenvalue weighted by Gasteiger charge is 2.33. The Balaban J connectivity index is 2.24. The molecule has 2 unspecified atom stereocenters. The van der Waals surface area contributed by atoms with Crippen molar-refractivity contribution >= 4 is 11.9 Å². The number of hydrogen-bond acceptors (Lipinski definition) is 3. The highest BCUT2D eigenvalue weighted by Crippen LogP contribution is 2.24. The zero-order valence-electron chi connectivity index (χ0n) is 12.1. The maximum absolute atomic E-state index is 12.6. The van der Waals surface area contributed by atoms with Crippen LogP contribution < -0.4 is 0 Å². The molecule has 1 N–H and O–H groups in total. The van der Waals surface area contributed by atoms with Crippen molar-refractivity contribution in [2.45, 2.75) is 39.7 Å². The molecule has 1 aromatic rings. The van der Waals surface area contributed by atoms with Gasteiger partial charge in [0.25, 0.3) is 5.91 Å². The minimum absolute atomic E-state index is 0.0683. The van der Waals surface area contributed by atoms with Gasteiger partial charge in [0, 0.05) is 18.3 Å². The number of pyridine rings is 1. The summed E-state index contributed by atoms with van der Waals surface area (Å²) >= 11 is 0. The van der Waals surface area contributed by atoms with Crippen LogP contribution in [0.2, 0.25) is 0 Å². The molecule has 2 rings (SSSR count). The Morgan fingerprint density at radius 2 is 2.00 bits per heavy atom. The monoisotopic (exact) mass is 276 g/mol. The lowest BCUT2D eigenvalue weighted by Gasteiger charge is -2.36. The van der Waals surface area contributed by atoms with Crippen LogP contribution in [-0.4, -0.2) is 39.5 Å². The number of rotatable bonds is 2. The van der Waals surface area contributed by atoms with E-state index in [9.17, 15) is 9.59 Å². The molecule has 0 spiro atoms. The molecule has 2 heterocycles. The van der Waals surface area contributed by atoms with Crippen LogP contribution >= 0.6 is 0 Å². The smallest absolute Gasteiger partial charge is 0.308 e. The van der Waals surface area contributed by atoms with Crippen LogP contribution in [-0.2, 0) is 4.79 Å². The molecule has 1 saturated heterocycles. The average Bonchev–Trinajstić information content (AvgIpc) is 2.38. The molecular weight excluding hydrogens is 256 g/mol. The number of likely N-dealkylation sites (tertiary alicyclic amines) is 1. The van der Waals surface area contributed by atoms with Gasteiger partial charge in [-0.25, -0.2) is 0 Å². The van der Waals surface area contributed by atoms with E-state index in [0.717, 1.165) is 12.1 Å². The Bertz CT molecular complexity index is 542. The Morgan fingerprint density at radius 1 is 1.30 bits per heavy atom. The van der Waals surface area contributed by atoms with Gasteiger partial charge < -0.3 is 10.0 Å². The van der Waals surface area contributed by atoms with E-state index < -0.39 is 11.9 Å². The number of aromatic nitrogens is 1. The summed E-state index contributed by atoms with van der Waals surface area (Å²) in [7, 11) is 0. The minimum atomic E-state index is -0.826.